The summed E-state index contributed by atoms with van der Waals surface area (Å²) in [4.78, 5) is 4.84. The maximum absolute atomic E-state index is 5.32. The summed E-state index contributed by atoms with van der Waals surface area (Å²) in [5, 5.41) is 3.99. The fourth-order valence-corrected chi connectivity index (χ4v) is 1.46. The van der Waals surface area contributed by atoms with Gasteiger partial charge in [-0.25, -0.2) is 0 Å². The van der Waals surface area contributed by atoms with E-state index in [0.717, 1.165) is 5.56 Å². The highest BCUT2D eigenvalue weighted by molar-refractivity contribution is 6.10. The van der Waals surface area contributed by atoms with Crippen LogP contribution in [0.2, 0.25) is 0 Å². The van der Waals surface area contributed by atoms with Crippen molar-refractivity contribution in [1.82, 2.24) is 0 Å². The second kappa shape index (κ2) is 4.66. The highest BCUT2D eigenvalue weighted by Gasteiger charge is 2.10. The number of nitrogens with zero attached hydrogens (tertiary/aromatic N) is 1. The molecule has 0 spiro atoms. The summed E-state index contributed by atoms with van der Waals surface area (Å²) >= 11 is 0. The van der Waals surface area contributed by atoms with Gasteiger partial charge in [0, 0.05) is 5.56 Å². The van der Waals surface area contributed by atoms with E-state index >= 15 is 0 Å². The first-order valence-corrected chi connectivity index (χ1v) is 5.03. The molecule has 0 aliphatic carbocycles. The van der Waals surface area contributed by atoms with Gasteiger partial charge in [0.05, 0.1) is 6.26 Å². The lowest BCUT2D eigenvalue weighted by atomic mass is 10.1. The molecule has 0 unspecified atom stereocenters. The Morgan fingerprint density at radius 2 is 1.94 bits per heavy atom. The molecule has 1 aromatic heterocycles. The topological polar surface area (TPSA) is 34.7 Å². The molecule has 0 amide bonds. The maximum Gasteiger partial charge on any atom is 0.156 e. The zero-order valence-electron chi connectivity index (χ0n) is 9.31. The summed E-state index contributed by atoms with van der Waals surface area (Å²) < 4.78 is 5.32. The Labute approximate surface area is 94.3 Å². The molecular formula is C13H13NO2. The quantitative estimate of drug-likeness (QED) is 0.582. The number of benzene rings is 1. The Balaban J connectivity index is 2.41. The number of hydrogen-bond donors (Lipinski definition) is 0. The van der Waals surface area contributed by atoms with E-state index in [9.17, 15) is 0 Å². The van der Waals surface area contributed by atoms with Gasteiger partial charge in [0.1, 0.15) is 7.11 Å². The molecule has 1 aromatic carbocycles. The number of furan rings is 1. The van der Waals surface area contributed by atoms with Crippen LogP contribution in [0.25, 0.3) is 0 Å². The van der Waals surface area contributed by atoms with Crippen molar-refractivity contribution in [2.45, 2.75) is 6.92 Å². The largest absolute Gasteiger partial charge is 0.463 e. The summed E-state index contributed by atoms with van der Waals surface area (Å²) in [6, 6.07) is 11.7. The molecule has 2 aromatic rings. The van der Waals surface area contributed by atoms with Crippen LogP contribution in [0.1, 0.15) is 16.9 Å². The van der Waals surface area contributed by atoms with E-state index in [4.69, 9.17) is 9.25 Å². The van der Waals surface area contributed by atoms with Gasteiger partial charge < -0.3 is 9.25 Å². The van der Waals surface area contributed by atoms with E-state index in [1.165, 1.54) is 12.7 Å². The molecule has 0 atom stereocenters. The molecule has 3 nitrogen and oxygen atoms in total. The fraction of sp³-hybridized carbons (Fsp3) is 0.154. The first-order valence-electron chi connectivity index (χ1n) is 5.03. The van der Waals surface area contributed by atoms with Crippen LogP contribution in [-0.4, -0.2) is 12.8 Å². The molecular weight excluding hydrogens is 202 g/mol. The van der Waals surface area contributed by atoms with Crippen LogP contribution < -0.4 is 0 Å². The summed E-state index contributed by atoms with van der Waals surface area (Å²) in [6.45, 7) is 2.05. The minimum Gasteiger partial charge on any atom is -0.463 e. The van der Waals surface area contributed by atoms with Crippen LogP contribution in [0.15, 0.2) is 52.2 Å². The minimum atomic E-state index is 0.700. The normalized spacial score (nSPS) is 11.5. The van der Waals surface area contributed by atoms with Gasteiger partial charge in [0.15, 0.2) is 11.5 Å². The summed E-state index contributed by atoms with van der Waals surface area (Å²) in [5.41, 5.74) is 2.88. The van der Waals surface area contributed by atoms with Crippen molar-refractivity contribution in [2.75, 3.05) is 7.11 Å². The molecule has 82 valence electrons. The summed E-state index contributed by atoms with van der Waals surface area (Å²) in [7, 11) is 1.52. The van der Waals surface area contributed by atoms with Gasteiger partial charge in [0.2, 0.25) is 0 Å². The lowest BCUT2D eigenvalue weighted by Gasteiger charge is -2.03. The third-order valence-electron chi connectivity index (χ3n) is 2.26. The molecule has 0 bridgehead atoms. The zero-order valence-corrected chi connectivity index (χ0v) is 9.31. The van der Waals surface area contributed by atoms with Crippen LogP contribution in [0.4, 0.5) is 0 Å². The molecule has 0 aliphatic rings. The van der Waals surface area contributed by atoms with Gasteiger partial charge in [-0.2, -0.15) is 0 Å². The molecule has 1 heterocycles. The van der Waals surface area contributed by atoms with E-state index in [1.54, 1.807) is 6.26 Å². The van der Waals surface area contributed by atoms with Gasteiger partial charge in [-0.1, -0.05) is 35.0 Å². The molecule has 3 heteroatoms. The lowest BCUT2D eigenvalue weighted by molar-refractivity contribution is 0.213. The predicted octanol–water partition coefficient (Wildman–Crippen LogP) is 2.99. The van der Waals surface area contributed by atoms with Crippen molar-refractivity contribution >= 4 is 5.71 Å². The molecule has 0 aliphatic heterocycles. The minimum absolute atomic E-state index is 0.700. The Bertz CT molecular complexity index is 469. The standard InChI is InChI=1S/C13H13NO2/c1-10-5-7-11(8-6-10)13(14-15-2)12-4-3-9-16-12/h3-9H,1-2H3. The van der Waals surface area contributed by atoms with Gasteiger partial charge in [0.25, 0.3) is 0 Å². The van der Waals surface area contributed by atoms with Crippen molar-refractivity contribution in [3.8, 4) is 0 Å². The Morgan fingerprint density at radius 3 is 2.50 bits per heavy atom. The monoisotopic (exact) mass is 215 g/mol. The van der Waals surface area contributed by atoms with E-state index in [1.807, 2.05) is 43.3 Å². The van der Waals surface area contributed by atoms with Crippen molar-refractivity contribution in [1.29, 1.82) is 0 Å². The highest BCUT2D eigenvalue weighted by atomic mass is 16.6. The summed E-state index contributed by atoms with van der Waals surface area (Å²) in [5.74, 6) is 0.700. The van der Waals surface area contributed by atoms with Crippen molar-refractivity contribution in [3.63, 3.8) is 0 Å². The molecule has 0 N–H and O–H groups in total. The predicted molar refractivity (Wildman–Crippen MR) is 62.5 cm³/mol. The van der Waals surface area contributed by atoms with Gasteiger partial charge >= 0.3 is 0 Å². The van der Waals surface area contributed by atoms with Crippen molar-refractivity contribution in [2.24, 2.45) is 5.16 Å². The molecule has 0 fully saturated rings. The van der Waals surface area contributed by atoms with Crippen LogP contribution in [0.5, 0.6) is 0 Å². The third-order valence-corrected chi connectivity index (χ3v) is 2.26. The summed E-state index contributed by atoms with van der Waals surface area (Å²) in [6.07, 6.45) is 1.62. The Kier molecular flexibility index (Phi) is 3.05. The number of hydrogen-bond acceptors (Lipinski definition) is 3. The molecule has 0 saturated heterocycles. The fourth-order valence-electron chi connectivity index (χ4n) is 1.46. The van der Waals surface area contributed by atoms with E-state index in [-0.39, 0.29) is 0 Å². The van der Waals surface area contributed by atoms with Crippen LogP contribution in [-0.2, 0) is 4.84 Å². The maximum atomic E-state index is 5.32. The third kappa shape index (κ3) is 2.14. The van der Waals surface area contributed by atoms with Crippen LogP contribution in [0.3, 0.4) is 0 Å². The SMILES string of the molecule is CON=C(c1ccc(C)cc1)c1ccco1. The molecule has 2 rings (SSSR count). The first kappa shape index (κ1) is 10.5. The second-order valence-corrected chi connectivity index (χ2v) is 3.47. The van der Waals surface area contributed by atoms with E-state index in [0.29, 0.717) is 11.5 Å². The molecule has 0 saturated carbocycles. The molecule has 0 radical (unpaired) electrons. The van der Waals surface area contributed by atoms with Gasteiger partial charge in [-0.15, -0.1) is 0 Å². The number of rotatable bonds is 3. The first-order chi connectivity index (χ1) is 7.81. The highest BCUT2D eigenvalue weighted by Crippen LogP contribution is 2.12. The van der Waals surface area contributed by atoms with Gasteiger partial charge in [-0.3, -0.25) is 0 Å². The van der Waals surface area contributed by atoms with Crippen LogP contribution in [0, 0.1) is 6.92 Å². The van der Waals surface area contributed by atoms with E-state index in [2.05, 4.69) is 5.16 Å². The zero-order chi connectivity index (χ0) is 11.4. The molecule has 16 heavy (non-hydrogen) atoms. The van der Waals surface area contributed by atoms with Crippen molar-refractivity contribution < 1.29 is 9.25 Å². The van der Waals surface area contributed by atoms with E-state index < -0.39 is 0 Å². The number of oxime groups is 1. The van der Waals surface area contributed by atoms with Gasteiger partial charge in [-0.05, 0) is 19.1 Å². The smallest absolute Gasteiger partial charge is 0.156 e. The lowest BCUT2D eigenvalue weighted by Crippen LogP contribution is -2.02. The van der Waals surface area contributed by atoms with Crippen molar-refractivity contribution in [3.05, 3.63) is 59.5 Å². The average Bonchev–Trinajstić information content (AvgIpc) is 2.81. The Morgan fingerprint density at radius 1 is 1.19 bits per heavy atom. The second-order valence-electron chi connectivity index (χ2n) is 3.47. The number of aryl methyl sites for hydroxylation is 1. The average molecular weight is 215 g/mol. The Hall–Kier alpha value is -2.03. The van der Waals surface area contributed by atoms with Crippen LogP contribution >= 0.6 is 0 Å².